The van der Waals surface area contributed by atoms with Crippen molar-refractivity contribution in [1.29, 1.82) is 0 Å². The van der Waals surface area contributed by atoms with Crippen LogP contribution in [-0.4, -0.2) is 43.6 Å². The van der Waals surface area contributed by atoms with Gasteiger partial charge in [0.15, 0.2) is 0 Å². The first kappa shape index (κ1) is 16.8. The van der Waals surface area contributed by atoms with Crippen LogP contribution >= 0.6 is 0 Å². The van der Waals surface area contributed by atoms with E-state index in [0.29, 0.717) is 18.9 Å². The number of ether oxygens (including phenoxy) is 1. The number of nitrogens with zero attached hydrogens (tertiary/aromatic N) is 1. The van der Waals surface area contributed by atoms with Crippen molar-refractivity contribution in [1.82, 2.24) is 10.2 Å². The van der Waals surface area contributed by atoms with E-state index in [1.807, 2.05) is 11.8 Å². The Morgan fingerprint density at radius 2 is 1.95 bits per heavy atom. The van der Waals surface area contributed by atoms with E-state index in [2.05, 4.69) is 31.3 Å². The standard InChI is InChI=1S/C18H28N2O2/c1-4-22-17-13-14(2)16(12-15(17)3)6-5-7-18(21)20-10-8-19-9-11-20/h12-13,19H,4-11H2,1-3H3. The quantitative estimate of drug-likeness (QED) is 0.878. The molecule has 0 bridgehead atoms. The number of carbonyl (C=O) groups is 1. The summed E-state index contributed by atoms with van der Waals surface area (Å²) in [5.41, 5.74) is 3.76. The Kier molecular flexibility index (Phi) is 6.25. The normalized spacial score (nSPS) is 15.0. The molecular weight excluding hydrogens is 276 g/mol. The molecule has 122 valence electrons. The molecule has 0 saturated carbocycles. The largest absolute Gasteiger partial charge is 0.494 e. The monoisotopic (exact) mass is 304 g/mol. The Labute approximate surface area is 133 Å². The second-order valence-corrected chi connectivity index (χ2v) is 5.96. The summed E-state index contributed by atoms with van der Waals surface area (Å²) < 4.78 is 5.63. The fraction of sp³-hybridized carbons (Fsp3) is 0.611. The molecule has 0 aromatic heterocycles. The average molecular weight is 304 g/mol. The van der Waals surface area contributed by atoms with Gasteiger partial charge in [0, 0.05) is 32.6 Å². The smallest absolute Gasteiger partial charge is 0.222 e. The van der Waals surface area contributed by atoms with Crippen molar-refractivity contribution in [3.63, 3.8) is 0 Å². The lowest BCUT2D eigenvalue weighted by Crippen LogP contribution is -2.46. The summed E-state index contributed by atoms with van der Waals surface area (Å²) in [5.74, 6) is 1.27. The van der Waals surface area contributed by atoms with Gasteiger partial charge in [-0.2, -0.15) is 0 Å². The first-order valence-electron chi connectivity index (χ1n) is 8.33. The first-order chi connectivity index (χ1) is 10.6. The van der Waals surface area contributed by atoms with Gasteiger partial charge in [0.1, 0.15) is 5.75 Å². The van der Waals surface area contributed by atoms with Crippen LogP contribution in [0.25, 0.3) is 0 Å². The van der Waals surface area contributed by atoms with Crippen LogP contribution < -0.4 is 10.1 Å². The van der Waals surface area contributed by atoms with E-state index in [9.17, 15) is 4.79 Å². The number of nitrogens with one attached hydrogen (secondary N) is 1. The molecular formula is C18H28N2O2. The highest BCUT2D eigenvalue weighted by molar-refractivity contribution is 5.76. The fourth-order valence-corrected chi connectivity index (χ4v) is 2.93. The van der Waals surface area contributed by atoms with E-state index in [1.54, 1.807) is 0 Å². The van der Waals surface area contributed by atoms with E-state index >= 15 is 0 Å². The minimum Gasteiger partial charge on any atom is -0.494 e. The van der Waals surface area contributed by atoms with Gasteiger partial charge in [0.05, 0.1) is 6.61 Å². The molecule has 22 heavy (non-hydrogen) atoms. The van der Waals surface area contributed by atoms with E-state index in [4.69, 9.17) is 4.74 Å². The fourth-order valence-electron chi connectivity index (χ4n) is 2.93. The van der Waals surface area contributed by atoms with Crippen molar-refractivity contribution < 1.29 is 9.53 Å². The lowest BCUT2D eigenvalue weighted by atomic mass is 9.99. The van der Waals surface area contributed by atoms with Crippen LogP contribution in [-0.2, 0) is 11.2 Å². The second kappa shape index (κ2) is 8.18. The number of carbonyl (C=O) groups excluding carboxylic acids is 1. The summed E-state index contributed by atoms with van der Waals surface area (Å²) in [6.45, 7) is 10.4. The third-order valence-electron chi connectivity index (χ3n) is 4.24. The molecule has 0 spiro atoms. The highest BCUT2D eigenvalue weighted by atomic mass is 16.5. The SMILES string of the molecule is CCOc1cc(C)c(CCCC(=O)N2CCNCC2)cc1C. The first-order valence-corrected chi connectivity index (χ1v) is 8.33. The van der Waals surface area contributed by atoms with Gasteiger partial charge in [0.25, 0.3) is 0 Å². The van der Waals surface area contributed by atoms with Crippen molar-refractivity contribution in [2.45, 2.75) is 40.0 Å². The Balaban J connectivity index is 1.86. The van der Waals surface area contributed by atoms with Crippen LogP contribution in [0.5, 0.6) is 5.75 Å². The van der Waals surface area contributed by atoms with Gasteiger partial charge in [-0.15, -0.1) is 0 Å². The predicted octanol–water partition coefficient (Wildman–Crippen LogP) is 2.46. The topological polar surface area (TPSA) is 41.6 Å². The number of aryl methyl sites for hydroxylation is 3. The molecule has 4 nitrogen and oxygen atoms in total. The maximum Gasteiger partial charge on any atom is 0.222 e. The molecule has 0 unspecified atom stereocenters. The van der Waals surface area contributed by atoms with Crippen LogP contribution in [0.4, 0.5) is 0 Å². The molecule has 1 aromatic carbocycles. The van der Waals surface area contributed by atoms with Gasteiger partial charge in [-0.25, -0.2) is 0 Å². The van der Waals surface area contributed by atoms with Crippen LogP contribution in [0, 0.1) is 13.8 Å². The van der Waals surface area contributed by atoms with Crippen molar-refractivity contribution in [2.75, 3.05) is 32.8 Å². The summed E-state index contributed by atoms with van der Waals surface area (Å²) in [6.07, 6.45) is 2.51. The summed E-state index contributed by atoms with van der Waals surface area (Å²) in [4.78, 5) is 14.1. The third kappa shape index (κ3) is 4.47. The number of benzene rings is 1. The average Bonchev–Trinajstić information content (AvgIpc) is 2.53. The molecule has 0 aliphatic carbocycles. The van der Waals surface area contributed by atoms with E-state index in [-0.39, 0.29) is 0 Å². The highest BCUT2D eigenvalue weighted by Gasteiger charge is 2.15. The Bertz CT molecular complexity index is 508. The number of piperazine rings is 1. The maximum absolute atomic E-state index is 12.2. The molecule has 1 saturated heterocycles. The molecule has 1 aromatic rings. The maximum atomic E-state index is 12.2. The lowest BCUT2D eigenvalue weighted by molar-refractivity contribution is -0.131. The molecule has 1 aliphatic rings. The van der Waals surface area contributed by atoms with Gasteiger partial charge >= 0.3 is 0 Å². The van der Waals surface area contributed by atoms with Gasteiger partial charge < -0.3 is 15.0 Å². The van der Waals surface area contributed by atoms with Gasteiger partial charge in [-0.3, -0.25) is 4.79 Å². The van der Waals surface area contributed by atoms with Gasteiger partial charge in [-0.05, 0) is 56.4 Å². The van der Waals surface area contributed by atoms with Crippen molar-refractivity contribution in [2.24, 2.45) is 0 Å². The molecule has 0 atom stereocenters. The van der Waals surface area contributed by atoms with E-state index in [0.717, 1.165) is 44.8 Å². The number of hydrogen-bond donors (Lipinski definition) is 1. The van der Waals surface area contributed by atoms with Crippen LogP contribution in [0.1, 0.15) is 36.5 Å². The number of hydrogen-bond acceptors (Lipinski definition) is 3. The Morgan fingerprint density at radius 1 is 1.23 bits per heavy atom. The minimum atomic E-state index is 0.293. The summed E-state index contributed by atoms with van der Waals surface area (Å²) >= 11 is 0. The number of amides is 1. The van der Waals surface area contributed by atoms with E-state index in [1.165, 1.54) is 16.7 Å². The predicted molar refractivity (Wildman–Crippen MR) is 89.5 cm³/mol. The second-order valence-electron chi connectivity index (χ2n) is 5.96. The summed E-state index contributed by atoms with van der Waals surface area (Å²) in [5, 5.41) is 3.28. The molecule has 1 N–H and O–H groups in total. The van der Waals surface area contributed by atoms with Crippen LogP contribution in [0.3, 0.4) is 0 Å². The van der Waals surface area contributed by atoms with Crippen molar-refractivity contribution >= 4 is 5.91 Å². The van der Waals surface area contributed by atoms with Crippen LogP contribution in [0.2, 0.25) is 0 Å². The van der Waals surface area contributed by atoms with Gasteiger partial charge in [-0.1, -0.05) is 6.07 Å². The summed E-state index contributed by atoms with van der Waals surface area (Å²) in [7, 11) is 0. The molecule has 4 heteroatoms. The van der Waals surface area contributed by atoms with Crippen LogP contribution in [0.15, 0.2) is 12.1 Å². The minimum absolute atomic E-state index is 0.293. The lowest BCUT2D eigenvalue weighted by Gasteiger charge is -2.27. The summed E-state index contributed by atoms with van der Waals surface area (Å²) in [6, 6.07) is 4.32. The van der Waals surface area contributed by atoms with E-state index < -0.39 is 0 Å². The molecule has 1 amide bonds. The molecule has 1 aliphatic heterocycles. The molecule has 1 fully saturated rings. The molecule has 0 radical (unpaired) electrons. The number of rotatable bonds is 6. The molecule has 1 heterocycles. The zero-order valence-electron chi connectivity index (χ0n) is 14.1. The van der Waals surface area contributed by atoms with Crippen molar-refractivity contribution in [3.05, 3.63) is 28.8 Å². The third-order valence-corrected chi connectivity index (χ3v) is 4.24. The van der Waals surface area contributed by atoms with Gasteiger partial charge in [0.2, 0.25) is 5.91 Å². The Morgan fingerprint density at radius 3 is 2.64 bits per heavy atom. The zero-order valence-corrected chi connectivity index (χ0v) is 14.1. The molecule has 2 rings (SSSR count). The Hall–Kier alpha value is -1.55. The van der Waals surface area contributed by atoms with Crippen molar-refractivity contribution in [3.8, 4) is 5.75 Å². The zero-order chi connectivity index (χ0) is 15.9. The highest BCUT2D eigenvalue weighted by Crippen LogP contribution is 2.24.